The van der Waals surface area contributed by atoms with E-state index in [4.69, 9.17) is 21.1 Å². The van der Waals surface area contributed by atoms with Gasteiger partial charge >= 0.3 is 6.09 Å². The molecule has 0 radical (unpaired) electrons. The fraction of sp³-hybridized carbons (Fsp3) is 0.632. The summed E-state index contributed by atoms with van der Waals surface area (Å²) >= 11 is 5.81. The average Bonchev–Trinajstić information content (AvgIpc) is 2.60. The van der Waals surface area contributed by atoms with E-state index in [1.54, 1.807) is 24.3 Å². The molecule has 1 N–H and O–H groups in total. The maximum atomic E-state index is 11.8. The molecule has 1 amide bonds. The van der Waals surface area contributed by atoms with Gasteiger partial charge in [-0.1, -0.05) is 11.6 Å². The van der Waals surface area contributed by atoms with Crippen molar-refractivity contribution in [3.8, 4) is 5.75 Å². The number of ether oxygens (including phenoxy) is 2. The van der Waals surface area contributed by atoms with E-state index in [2.05, 4.69) is 24.3 Å². The Morgan fingerprint density at radius 1 is 1.20 bits per heavy atom. The van der Waals surface area contributed by atoms with Crippen LogP contribution in [0.5, 0.6) is 5.75 Å². The second kappa shape index (κ2) is 10.6. The number of carbonyl (C=O) groups excluding carboxylic acids is 1. The molecule has 0 spiro atoms. The molecule has 25 heavy (non-hydrogen) atoms. The van der Waals surface area contributed by atoms with E-state index in [9.17, 15) is 4.79 Å². The fourth-order valence-electron chi connectivity index (χ4n) is 3.01. The fourth-order valence-corrected chi connectivity index (χ4v) is 3.13. The van der Waals surface area contributed by atoms with Crippen molar-refractivity contribution in [2.45, 2.75) is 38.2 Å². The molecule has 1 aromatic carbocycles. The summed E-state index contributed by atoms with van der Waals surface area (Å²) in [5.41, 5.74) is 0. The molecule has 1 fully saturated rings. The highest BCUT2D eigenvalue weighted by Crippen LogP contribution is 2.26. The van der Waals surface area contributed by atoms with E-state index < -0.39 is 6.09 Å². The number of nitrogens with one attached hydrogen (secondary N) is 1. The largest absolute Gasteiger partial charge is 0.412 e. The SMILES string of the molecule is CN(C)CCCOC1CCC(CNC(=O)Oc2ccc(Cl)cc2)CC1. The Hall–Kier alpha value is -1.30. The summed E-state index contributed by atoms with van der Waals surface area (Å²) in [5.74, 6) is 0.996. The Balaban J connectivity index is 1.57. The average molecular weight is 369 g/mol. The van der Waals surface area contributed by atoms with Gasteiger partial charge in [0.1, 0.15) is 5.75 Å². The smallest absolute Gasteiger partial charge is 0.410 e. The number of nitrogens with zero attached hydrogens (tertiary/aromatic N) is 1. The number of hydrogen-bond donors (Lipinski definition) is 1. The molecule has 0 heterocycles. The second-order valence-corrected chi connectivity index (χ2v) is 7.33. The molecule has 1 saturated carbocycles. The predicted molar refractivity (Wildman–Crippen MR) is 100 cm³/mol. The molecule has 140 valence electrons. The standard InChI is InChI=1S/C19H29ClN2O3/c1-22(2)12-3-13-24-17-8-4-15(5-9-17)14-21-19(23)25-18-10-6-16(20)7-11-18/h6-7,10-11,15,17H,3-5,8-9,12-14H2,1-2H3,(H,21,23). The van der Waals surface area contributed by atoms with Gasteiger partial charge in [0.25, 0.3) is 0 Å². The topological polar surface area (TPSA) is 50.8 Å². The zero-order chi connectivity index (χ0) is 18.1. The van der Waals surface area contributed by atoms with Crippen LogP contribution in [0.2, 0.25) is 5.02 Å². The van der Waals surface area contributed by atoms with Crippen LogP contribution in [0.1, 0.15) is 32.1 Å². The number of benzene rings is 1. The molecule has 0 bridgehead atoms. The monoisotopic (exact) mass is 368 g/mol. The first-order chi connectivity index (χ1) is 12.0. The minimum Gasteiger partial charge on any atom is -0.410 e. The van der Waals surface area contributed by atoms with Crippen LogP contribution in [0.3, 0.4) is 0 Å². The minimum absolute atomic E-state index is 0.374. The third-order valence-electron chi connectivity index (χ3n) is 4.46. The Morgan fingerprint density at radius 2 is 1.88 bits per heavy atom. The zero-order valence-electron chi connectivity index (χ0n) is 15.2. The molecule has 0 atom stereocenters. The highest BCUT2D eigenvalue weighted by molar-refractivity contribution is 6.30. The van der Waals surface area contributed by atoms with Gasteiger partial charge in [-0.2, -0.15) is 0 Å². The van der Waals surface area contributed by atoms with Crippen LogP contribution in [0.25, 0.3) is 0 Å². The van der Waals surface area contributed by atoms with Crippen LogP contribution in [-0.4, -0.2) is 50.9 Å². The van der Waals surface area contributed by atoms with Gasteiger partial charge in [0.05, 0.1) is 6.10 Å². The predicted octanol–water partition coefficient (Wildman–Crippen LogP) is 3.96. The molecule has 2 rings (SSSR count). The van der Waals surface area contributed by atoms with Crippen LogP contribution in [0, 0.1) is 5.92 Å². The lowest BCUT2D eigenvalue weighted by atomic mass is 9.87. The quantitative estimate of drug-likeness (QED) is 0.706. The van der Waals surface area contributed by atoms with Gasteiger partial charge in [-0.05, 0) is 82.9 Å². The van der Waals surface area contributed by atoms with Gasteiger partial charge in [0, 0.05) is 18.2 Å². The normalized spacial score (nSPS) is 20.5. The number of amides is 1. The first-order valence-corrected chi connectivity index (χ1v) is 9.38. The summed E-state index contributed by atoms with van der Waals surface area (Å²) in [6, 6.07) is 6.76. The van der Waals surface area contributed by atoms with Gasteiger partial charge in [0.15, 0.2) is 0 Å². The van der Waals surface area contributed by atoms with Crippen molar-refractivity contribution in [1.82, 2.24) is 10.2 Å². The van der Waals surface area contributed by atoms with Gasteiger partial charge in [0.2, 0.25) is 0 Å². The number of hydrogen-bond acceptors (Lipinski definition) is 4. The van der Waals surface area contributed by atoms with Crippen molar-refractivity contribution < 1.29 is 14.3 Å². The van der Waals surface area contributed by atoms with Crippen molar-refractivity contribution >= 4 is 17.7 Å². The van der Waals surface area contributed by atoms with Gasteiger partial charge in [-0.15, -0.1) is 0 Å². The maximum Gasteiger partial charge on any atom is 0.412 e. The molecule has 1 aromatic rings. The molecule has 0 unspecified atom stereocenters. The molecule has 5 nitrogen and oxygen atoms in total. The van der Waals surface area contributed by atoms with Crippen molar-refractivity contribution in [3.05, 3.63) is 29.3 Å². The van der Waals surface area contributed by atoms with Crippen molar-refractivity contribution in [1.29, 1.82) is 0 Å². The summed E-state index contributed by atoms with van der Waals surface area (Å²) in [6.07, 6.45) is 5.34. The van der Waals surface area contributed by atoms with Crippen molar-refractivity contribution in [2.24, 2.45) is 5.92 Å². The molecule has 6 heteroatoms. The van der Waals surface area contributed by atoms with E-state index in [1.807, 2.05) is 0 Å². The van der Waals surface area contributed by atoms with E-state index in [-0.39, 0.29) is 0 Å². The van der Waals surface area contributed by atoms with E-state index in [0.717, 1.165) is 45.3 Å². The Morgan fingerprint density at radius 3 is 2.52 bits per heavy atom. The van der Waals surface area contributed by atoms with E-state index >= 15 is 0 Å². The Bertz CT molecular complexity index is 514. The molecule has 1 aliphatic carbocycles. The molecule has 0 aliphatic heterocycles. The highest BCUT2D eigenvalue weighted by Gasteiger charge is 2.22. The lowest BCUT2D eigenvalue weighted by Gasteiger charge is -2.28. The zero-order valence-corrected chi connectivity index (χ0v) is 15.9. The molecule has 0 aromatic heterocycles. The van der Waals surface area contributed by atoms with Crippen LogP contribution < -0.4 is 10.1 Å². The van der Waals surface area contributed by atoms with Crippen LogP contribution in [0.4, 0.5) is 4.79 Å². The molecule has 1 aliphatic rings. The van der Waals surface area contributed by atoms with Crippen LogP contribution >= 0.6 is 11.6 Å². The summed E-state index contributed by atoms with van der Waals surface area (Å²) in [4.78, 5) is 14.0. The number of rotatable bonds is 8. The molecular weight excluding hydrogens is 340 g/mol. The van der Waals surface area contributed by atoms with E-state index in [1.165, 1.54) is 0 Å². The first kappa shape index (κ1) is 20.0. The van der Waals surface area contributed by atoms with Crippen LogP contribution in [-0.2, 0) is 4.74 Å². The summed E-state index contributed by atoms with van der Waals surface area (Å²) < 4.78 is 11.2. The Labute approximate surface area is 155 Å². The number of halogens is 1. The minimum atomic E-state index is -0.413. The summed E-state index contributed by atoms with van der Waals surface area (Å²) in [7, 11) is 4.16. The third kappa shape index (κ3) is 8.08. The van der Waals surface area contributed by atoms with Crippen LogP contribution in [0.15, 0.2) is 24.3 Å². The lowest BCUT2D eigenvalue weighted by molar-refractivity contribution is 0.0152. The van der Waals surface area contributed by atoms with Gasteiger partial charge < -0.3 is 19.7 Å². The first-order valence-electron chi connectivity index (χ1n) is 9.00. The maximum absolute atomic E-state index is 11.8. The van der Waals surface area contributed by atoms with Crippen molar-refractivity contribution in [3.63, 3.8) is 0 Å². The van der Waals surface area contributed by atoms with Gasteiger partial charge in [-0.3, -0.25) is 0 Å². The molecule has 0 saturated heterocycles. The third-order valence-corrected chi connectivity index (χ3v) is 4.71. The summed E-state index contributed by atoms with van der Waals surface area (Å²) in [6.45, 7) is 2.55. The lowest BCUT2D eigenvalue weighted by Crippen LogP contribution is -2.34. The second-order valence-electron chi connectivity index (χ2n) is 6.89. The van der Waals surface area contributed by atoms with E-state index in [0.29, 0.717) is 29.3 Å². The van der Waals surface area contributed by atoms with Crippen molar-refractivity contribution in [2.75, 3.05) is 33.8 Å². The summed E-state index contributed by atoms with van der Waals surface area (Å²) in [5, 5.41) is 3.47. The highest BCUT2D eigenvalue weighted by atomic mass is 35.5. The van der Waals surface area contributed by atoms with Gasteiger partial charge in [-0.25, -0.2) is 4.79 Å². The Kier molecular flexibility index (Phi) is 8.52. The number of carbonyl (C=O) groups is 1. The molecular formula is C19H29ClN2O3.